The van der Waals surface area contributed by atoms with E-state index in [4.69, 9.17) is 11.6 Å². The van der Waals surface area contributed by atoms with Gasteiger partial charge in [-0.15, -0.1) is 6.58 Å². The highest BCUT2D eigenvalue weighted by Gasteiger charge is 2.23. The predicted octanol–water partition coefficient (Wildman–Crippen LogP) is 5.64. The number of carbonyl (C=O) groups excluding carboxylic acids is 1. The normalized spacial score (nSPS) is 11.9. The van der Waals surface area contributed by atoms with Crippen molar-refractivity contribution >= 4 is 23.1 Å². The molecule has 0 spiro atoms. The summed E-state index contributed by atoms with van der Waals surface area (Å²) in [5, 5.41) is 3.79. The summed E-state index contributed by atoms with van der Waals surface area (Å²) in [5.41, 5.74) is 4.94. The Morgan fingerprint density at radius 1 is 1.32 bits per heavy atom. The van der Waals surface area contributed by atoms with Gasteiger partial charge in [0.05, 0.1) is 24.3 Å². The van der Waals surface area contributed by atoms with Gasteiger partial charge in [0, 0.05) is 18.5 Å². The quantitative estimate of drug-likeness (QED) is 0.525. The molecular weight excluding hydrogens is 370 g/mol. The number of nitrogens with zero attached hydrogens (tertiary/aromatic N) is 2. The predicted molar refractivity (Wildman–Crippen MR) is 117 cm³/mol. The molecule has 5 heteroatoms. The number of allylic oxidation sites excluding steroid dienone is 1. The van der Waals surface area contributed by atoms with Crippen LogP contribution >= 0.6 is 11.6 Å². The van der Waals surface area contributed by atoms with Crippen LogP contribution in [0.2, 0.25) is 5.02 Å². The monoisotopic (exact) mass is 399 g/mol. The molecule has 1 amide bonds. The van der Waals surface area contributed by atoms with Gasteiger partial charge >= 0.3 is 0 Å². The lowest BCUT2D eigenvalue weighted by atomic mass is 9.91. The van der Waals surface area contributed by atoms with Crippen molar-refractivity contribution in [2.45, 2.75) is 52.0 Å². The van der Waals surface area contributed by atoms with Crippen LogP contribution in [0.3, 0.4) is 0 Å². The lowest BCUT2D eigenvalue weighted by molar-refractivity contribution is -0.121. The number of unbranched alkanes of at least 4 members (excludes halogenated alkanes) is 1. The molecule has 2 aromatic rings. The molecule has 0 bridgehead atoms. The molecule has 1 aromatic carbocycles. The molecule has 0 saturated carbocycles. The summed E-state index contributed by atoms with van der Waals surface area (Å²) in [5.74, 6) is 0.0136. The van der Waals surface area contributed by atoms with Gasteiger partial charge in [0.15, 0.2) is 0 Å². The van der Waals surface area contributed by atoms with E-state index in [1.54, 1.807) is 12.5 Å². The van der Waals surface area contributed by atoms with Gasteiger partial charge in [-0.25, -0.2) is 4.98 Å². The zero-order valence-corrected chi connectivity index (χ0v) is 17.9. The van der Waals surface area contributed by atoms with Gasteiger partial charge < -0.3 is 9.88 Å². The fourth-order valence-corrected chi connectivity index (χ4v) is 3.30. The Hall–Kier alpha value is -2.33. The van der Waals surface area contributed by atoms with Crippen molar-refractivity contribution < 1.29 is 4.79 Å². The van der Waals surface area contributed by atoms with E-state index in [-0.39, 0.29) is 11.9 Å². The molecule has 4 nitrogen and oxygen atoms in total. The Morgan fingerprint density at radius 2 is 2.07 bits per heavy atom. The highest BCUT2D eigenvalue weighted by Crippen LogP contribution is 2.33. The molecule has 0 aliphatic rings. The number of halogens is 1. The molecule has 28 heavy (non-hydrogen) atoms. The third-order valence-corrected chi connectivity index (χ3v) is 5.03. The highest BCUT2D eigenvalue weighted by molar-refractivity contribution is 6.30. The second-order valence-electron chi connectivity index (χ2n) is 7.32. The second kappa shape index (κ2) is 10.3. The number of hydrogen-bond acceptors (Lipinski definition) is 2. The van der Waals surface area contributed by atoms with Gasteiger partial charge in [-0.1, -0.05) is 43.2 Å². The van der Waals surface area contributed by atoms with Crippen LogP contribution in [0, 0.1) is 0 Å². The third kappa shape index (κ3) is 5.83. The van der Waals surface area contributed by atoms with Crippen LogP contribution < -0.4 is 5.32 Å². The van der Waals surface area contributed by atoms with Gasteiger partial charge in [-0.3, -0.25) is 4.79 Å². The molecule has 2 rings (SSSR count). The van der Waals surface area contributed by atoms with Crippen molar-refractivity contribution in [2.24, 2.45) is 7.05 Å². The van der Waals surface area contributed by atoms with Crippen LogP contribution in [-0.4, -0.2) is 15.5 Å². The zero-order valence-electron chi connectivity index (χ0n) is 17.1. The molecular formula is C23H30ClN3O. The van der Waals surface area contributed by atoms with Crippen LogP contribution in [0.5, 0.6) is 0 Å². The molecule has 1 N–H and O–H groups in total. The average molecular weight is 400 g/mol. The van der Waals surface area contributed by atoms with E-state index in [1.165, 1.54) is 0 Å². The number of hydrogen-bond donors (Lipinski definition) is 1. The number of nitrogens with one attached hydrogen (secondary N) is 1. The van der Waals surface area contributed by atoms with E-state index < -0.39 is 0 Å². The number of carbonyl (C=O) groups is 1. The molecule has 0 aliphatic carbocycles. The number of benzene rings is 1. The zero-order chi connectivity index (χ0) is 20.7. The molecule has 0 unspecified atom stereocenters. The van der Waals surface area contributed by atoms with Crippen molar-refractivity contribution in [3.8, 4) is 0 Å². The van der Waals surface area contributed by atoms with Crippen LogP contribution in [0.25, 0.3) is 5.57 Å². The second-order valence-corrected chi connectivity index (χ2v) is 7.75. The van der Waals surface area contributed by atoms with Crippen molar-refractivity contribution in [3.63, 3.8) is 0 Å². The molecule has 0 radical (unpaired) electrons. The van der Waals surface area contributed by atoms with E-state index in [1.807, 2.05) is 36.7 Å². The van der Waals surface area contributed by atoms with Crippen LogP contribution in [0.15, 0.2) is 49.5 Å². The van der Waals surface area contributed by atoms with E-state index in [0.29, 0.717) is 11.4 Å². The molecule has 0 saturated heterocycles. The first-order valence-electron chi connectivity index (χ1n) is 9.71. The van der Waals surface area contributed by atoms with E-state index in [9.17, 15) is 4.79 Å². The summed E-state index contributed by atoms with van der Waals surface area (Å²) in [4.78, 5) is 16.7. The molecule has 1 heterocycles. The summed E-state index contributed by atoms with van der Waals surface area (Å²) in [6, 6.07) is 5.49. The number of amides is 1. The number of rotatable bonds is 10. The first kappa shape index (κ1) is 22.0. The lowest BCUT2D eigenvalue weighted by Crippen LogP contribution is -2.30. The van der Waals surface area contributed by atoms with Crippen molar-refractivity contribution in [3.05, 3.63) is 71.3 Å². The first-order valence-corrected chi connectivity index (χ1v) is 10.1. The van der Waals surface area contributed by atoms with Gasteiger partial charge in [-0.05, 0) is 55.0 Å². The molecule has 150 valence electrons. The van der Waals surface area contributed by atoms with E-state index in [0.717, 1.165) is 53.7 Å². The van der Waals surface area contributed by atoms with Crippen LogP contribution in [0.4, 0.5) is 0 Å². The Kier molecular flexibility index (Phi) is 8.06. The fourth-order valence-electron chi connectivity index (χ4n) is 3.12. The Bertz CT molecular complexity index is 853. The maximum absolute atomic E-state index is 12.5. The fraction of sp³-hybridized carbons (Fsp3) is 0.391. The molecule has 1 aromatic heterocycles. The minimum atomic E-state index is -0.362. The highest BCUT2D eigenvalue weighted by atomic mass is 35.5. The average Bonchev–Trinajstić information content (AvgIpc) is 3.08. The van der Waals surface area contributed by atoms with E-state index in [2.05, 4.69) is 30.4 Å². The first-order chi connectivity index (χ1) is 13.3. The minimum Gasteiger partial charge on any atom is -0.344 e. The van der Waals surface area contributed by atoms with Crippen molar-refractivity contribution in [1.82, 2.24) is 14.9 Å². The standard InChI is InChI=1S/C23H30ClN3O/c1-6-7-8-22(28)26-23(21-14-25-15-27(21)5)17(4)20-13-19(24)12-11-18(20)10-9-16(2)3/h11-15,23H,2,4,6-10H2,1,3,5H3,(H,26,28)/t23-/m1/s1. The Balaban J connectivity index is 2.39. The van der Waals surface area contributed by atoms with Gasteiger partial charge in [0.1, 0.15) is 0 Å². The minimum absolute atomic E-state index is 0.0136. The van der Waals surface area contributed by atoms with Gasteiger partial charge in [-0.2, -0.15) is 0 Å². The lowest BCUT2D eigenvalue weighted by Gasteiger charge is -2.24. The number of aryl methyl sites for hydroxylation is 2. The van der Waals surface area contributed by atoms with Crippen LogP contribution in [-0.2, 0) is 18.3 Å². The molecule has 0 fully saturated rings. The maximum Gasteiger partial charge on any atom is 0.220 e. The molecule has 1 atom stereocenters. The summed E-state index contributed by atoms with van der Waals surface area (Å²) in [6.45, 7) is 12.4. The largest absolute Gasteiger partial charge is 0.344 e. The summed E-state index contributed by atoms with van der Waals surface area (Å²) in [6.07, 6.45) is 7.57. The van der Waals surface area contributed by atoms with Gasteiger partial charge in [0.2, 0.25) is 5.91 Å². The summed E-state index contributed by atoms with van der Waals surface area (Å²) < 4.78 is 1.91. The maximum atomic E-state index is 12.5. The smallest absolute Gasteiger partial charge is 0.220 e. The number of imidazole rings is 1. The topological polar surface area (TPSA) is 46.9 Å². The van der Waals surface area contributed by atoms with Crippen molar-refractivity contribution in [2.75, 3.05) is 0 Å². The number of aromatic nitrogens is 2. The van der Waals surface area contributed by atoms with Crippen molar-refractivity contribution in [1.29, 1.82) is 0 Å². The SMILES string of the molecule is C=C(C)CCc1ccc(Cl)cc1C(=C)[C@@H](NC(=O)CCCC)c1cncn1C. The summed E-state index contributed by atoms with van der Waals surface area (Å²) in [7, 11) is 1.92. The van der Waals surface area contributed by atoms with Crippen LogP contribution in [0.1, 0.15) is 62.4 Å². The van der Waals surface area contributed by atoms with E-state index >= 15 is 0 Å². The molecule has 0 aliphatic heterocycles. The summed E-state index contributed by atoms with van der Waals surface area (Å²) >= 11 is 6.30. The Morgan fingerprint density at radius 3 is 2.68 bits per heavy atom. The van der Waals surface area contributed by atoms with Gasteiger partial charge in [0.25, 0.3) is 0 Å². The Labute approximate surface area is 173 Å². The third-order valence-electron chi connectivity index (χ3n) is 4.80.